The number of carbonyl (C=O) groups is 2. The molecule has 1 atom stereocenters. The Hall–Kier alpha value is -3.57. The van der Waals surface area contributed by atoms with Gasteiger partial charge in [-0.2, -0.15) is 5.10 Å². The zero-order valence-corrected chi connectivity index (χ0v) is 19.7. The van der Waals surface area contributed by atoms with E-state index in [0.717, 1.165) is 18.8 Å². The molecule has 0 bridgehead atoms. The molecule has 184 valence electrons. The number of hydrogen-bond acceptors (Lipinski definition) is 7. The number of halogens is 1. The van der Waals surface area contributed by atoms with E-state index in [1.807, 2.05) is 0 Å². The normalized spacial score (nSPS) is 17.1. The van der Waals surface area contributed by atoms with Gasteiger partial charge >= 0.3 is 0 Å². The average molecular weight is 482 g/mol. The third-order valence-electron chi connectivity index (χ3n) is 6.48. The van der Waals surface area contributed by atoms with Crippen LogP contribution in [-0.2, 0) is 6.54 Å². The van der Waals surface area contributed by atoms with Crippen LogP contribution in [0.2, 0.25) is 0 Å². The first kappa shape index (κ1) is 23.2. The van der Waals surface area contributed by atoms with Gasteiger partial charge in [-0.1, -0.05) is 0 Å². The second kappa shape index (κ2) is 8.90. The summed E-state index contributed by atoms with van der Waals surface area (Å²) in [6, 6.07) is 5.30. The predicted octanol–water partition coefficient (Wildman–Crippen LogP) is 1.46. The number of amides is 2. The standard InChI is InChI=1S/C24H28FN7O3/c1-24(2,35)20(25)14-31-13-15-10-18(19(11-16(15)23(31)34)30-8-5-26-6-9-30)29-22(33)17-12-28-32-7-3-4-27-21(17)32/h3-4,7,10-12,20,26,35H,5-6,8-9,13-14H2,1-2H3,(H,29,33)/t20-/m1/s1. The van der Waals surface area contributed by atoms with Crippen molar-refractivity contribution in [2.24, 2.45) is 0 Å². The molecule has 35 heavy (non-hydrogen) atoms. The van der Waals surface area contributed by atoms with E-state index in [4.69, 9.17) is 0 Å². The lowest BCUT2D eigenvalue weighted by atomic mass is 10.0. The smallest absolute Gasteiger partial charge is 0.261 e. The molecule has 11 heteroatoms. The number of alkyl halides is 1. The molecule has 3 N–H and O–H groups in total. The van der Waals surface area contributed by atoms with Crippen molar-refractivity contribution in [1.82, 2.24) is 24.8 Å². The summed E-state index contributed by atoms with van der Waals surface area (Å²) in [4.78, 5) is 34.1. The van der Waals surface area contributed by atoms with Crippen molar-refractivity contribution in [3.63, 3.8) is 0 Å². The van der Waals surface area contributed by atoms with E-state index in [-0.39, 0.29) is 24.9 Å². The van der Waals surface area contributed by atoms with Gasteiger partial charge in [-0.3, -0.25) is 9.59 Å². The molecule has 2 aromatic heterocycles. The summed E-state index contributed by atoms with van der Waals surface area (Å²) in [5.74, 6) is -0.643. The summed E-state index contributed by atoms with van der Waals surface area (Å²) < 4.78 is 16.1. The summed E-state index contributed by atoms with van der Waals surface area (Å²) in [6.45, 7) is 5.73. The van der Waals surface area contributed by atoms with Crippen LogP contribution >= 0.6 is 0 Å². The fourth-order valence-corrected chi connectivity index (χ4v) is 4.42. The number of anilines is 2. The highest BCUT2D eigenvalue weighted by atomic mass is 19.1. The van der Waals surface area contributed by atoms with Gasteiger partial charge in [-0.25, -0.2) is 13.9 Å². The maximum absolute atomic E-state index is 14.5. The van der Waals surface area contributed by atoms with Crippen LogP contribution in [0.25, 0.3) is 5.65 Å². The molecule has 5 rings (SSSR count). The maximum Gasteiger partial charge on any atom is 0.261 e. The number of hydrogen-bond donors (Lipinski definition) is 3. The number of rotatable bonds is 6. The fourth-order valence-electron chi connectivity index (χ4n) is 4.42. The van der Waals surface area contributed by atoms with Crippen molar-refractivity contribution in [2.45, 2.75) is 32.2 Å². The van der Waals surface area contributed by atoms with Crippen LogP contribution < -0.4 is 15.5 Å². The van der Waals surface area contributed by atoms with Gasteiger partial charge in [-0.05, 0) is 37.6 Å². The highest BCUT2D eigenvalue weighted by Crippen LogP contribution is 2.35. The van der Waals surface area contributed by atoms with E-state index in [9.17, 15) is 19.1 Å². The van der Waals surface area contributed by atoms with E-state index in [1.54, 1.807) is 30.6 Å². The second-order valence-electron chi connectivity index (χ2n) is 9.47. The number of fused-ring (bicyclic) bond motifs is 2. The van der Waals surface area contributed by atoms with Gasteiger partial charge in [0.15, 0.2) is 5.65 Å². The molecule has 4 heterocycles. The molecule has 2 amide bonds. The van der Waals surface area contributed by atoms with Crippen LogP contribution in [-0.4, -0.2) is 80.9 Å². The van der Waals surface area contributed by atoms with Gasteiger partial charge in [0, 0.05) is 50.7 Å². The van der Waals surface area contributed by atoms with Crippen LogP contribution in [0.15, 0.2) is 36.8 Å². The molecule has 0 aliphatic carbocycles. The fraction of sp³-hybridized carbons (Fsp3) is 0.417. The molecule has 0 unspecified atom stereocenters. The molecule has 2 aliphatic rings. The first-order valence-electron chi connectivity index (χ1n) is 11.6. The van der Waals surface area contributed by atoms with Gasteiger partial charge in [-0.15, -0.1) is 0 Å². The van der Waals surface area contributed by atoms with Crippen LogP contribution in [0, 0.1) is 0 Å². The summed E-state index contributed by atoms with van der Waals surface area (Å²) in [6.07, 6.45) is 3.20. The monoisotopic (exact) mass is 481 g/mol. The number of piperazine rings is 1. The lowest BCUT2D eigenvalue weighted by Gasteiger charge is -2.31. The molecule has 0 radical (unpaired) electrons. The number of aliphatic hydroxyl groups is 1. The van der Waals surface area contributed by atoms with E-state index >= 15 is 0 Å². The van der Waals surface area contributed by atoms with Crippen molar-refractivity contribution < 1.29 is 19.1 Å². The van der Waals surface area contributed by atoms with E-state index in [1.165, 1.54) is 29.5 Å². The lowest BCUT2D eigenvalue weighted by molar-refractivity contribution is -0.0159. The number of benzene rings is 1. The van der Waals surface area contributed by atoms with Crippen molar-refractivity contribution in [1.29, 1.82) is 0 Å². The molecular formula is C24H28FN7O3. The SMILES string of the molecule is CC(C)(O)[C@H](F)CN1Cc2cc(NC(=O)c3cnn4cccnc34)c(N3CCNCC3)cc2C1=O. The highest BCUT2D eigenvalue weighted by molar-refractivity contribution is 6.10. The summed E-state index contributed by atoms with van der Waals surface area (Å²) in [5.41, 5.74) is 1.71. The summed E-state index contributed by atoms with van der Waals surface area (Å²) >= 11 is 0. The summed E-state index contributed by atoms with van der Waals surface area (Å²) in [5, 5.41) is 20.5. The quantitative estimate of drug-likeness (QED) is 0.488. The number of carbonyl (C=O) groups excluding carboxylic acids is 2. The maximum atomic E-state index is 14.5. The lowest BCUT2D eigenvalue weighted by Crippen LogP contribution is -2.44. The van der Waals surface area contributed by atoms with E-state index in [2.05, 4.69) is 25.6 Å². The zero-order chi connectivity index (χ0) is 24.7. The molecule has 1 saturated heterocycles. The Kier molecular flexibility index (Phi) is 5.89. The first-order valence-corrected chi connectivity index (χ1v) is 11.6. The predicted molar refractivity (Wildman–Crippen MR) is 128 cm³/mol. The largest absolute Gasteiger partial charge is 0.387 e. The third kappa shape index (κ3) is 4.44. The molecular weight excluding hydrogens is 453 g/mol. The van der Waals surface area contributed by atoms with Crippen LogP contribution in [0.1, 0.15) is 40.1 Å². The van der Waals surface area contributed by atoms with Gasteiger partial charge in [0.1, 0.15) is 11.7 Å². The Morgan fingerprint density at radius 3 is 2.83 bits per heavy atom. The molecule has 1 fully saturated rings. The highest BCUT2D eigenvalue weighted by Gasteiger charge is 2.35. The van der Waals surface area contributed by atoms with Crippen molar-refractivity contribution in [3.8, 4) is 0 Å². The van der Waals surface area contributed by atoms with Crippen molar-refractivity contribution in [3.05, 3.63) is 53.5 Å². The van der Waals surface area contributed by atoms with Crippen LogP contribution in [0.5, 0.6) is 0 Å². The average Bonchev–Trinajstić information content (AvgIpc) is 3.40. The first-order chi connectivity index (χ1) is 16.7. The minimum absolute atomic E-state index is 0.202. The Balaban J connectivity index is 1.47. The van der Waals surface area contributed by atoms with Gasteiger partial charge in [0.05, 0.1) is 29.7 Å². The van der Waals surface area contributed by atoms with E-state index < -0.39 is 11.8 Å². The molecule has 3 aromatic rings. The van der Waals surface area contributed by atoms with E-state index in [0.29, 0.717) is 41.1 Å². The third-order valence-corrected chi connectivity index (χ3v) is 6.48. The molecule has 0 saturated carbocycles. The molecule has 1 aromatic carbocycles. The molecule has 10 nitrogen and oxygen atoms in total. The number of nitrogens with one attached hydrogen (secondary N) is 2. The minimum atomic E-state index is -1.59. The minimum Gasteiger partial charge on any atom is -0.387 e. The van der Waals surface area contributed by atoms with Crippen molar-refractivity contribution in [2.75, 3.05) is 42.9 Å². The Morgan fingerprint density at radius 1 is 1.31 bits per heavy atom. The Bertz CT molecular complexity index is 1280. The number of aromatic nitrogens is 3. The topological polar surface area (TPSA) is 115 Å². The Labute approximate surface area is 201 Å². The number of nitrogens with zero attached hydrogens (tertiary/aromatic N) is 5. The molecule has 2 aliphatic heterocycles. The van der Waals surface area contributed by atoms with Gasteiger partial charge in [0.25, 0.3) is 11.8 Å². The zero-order valence-electron chi connectivity index (χ0n) is 19.7. The Morgan fingerprint density at radius 2 is 2.09 bits per heavy atom. The second-order valence-corrected chi connectivity index (χ2v) is 9.47. The van der Waals surface area contributed by atoms with Gasteiger partial charge < -0.3 is 25.5 Å². The van der Waals surface area contributed by atoms with Crippen LogP contribution in [0.4, 0.5) is 15.8 Å². The molecule has 0 spiro atoms. The van der Waals surface area contributed by atoms with Gasteiger partial charge in [0.2, 0.25) is 0 Å². The summed E-state index contributed by atoms with van der Waals surface area (Å²) in [7, 11) is 0. The van der Waals surface area contributed by atoms with Crippen molar-refractivity contribution >= 4 is 28.8 Å². The van der Waals surface area contributed by atoms with Crippen LogP contribution in [0.3, 0.4) is 0 Å².